The maximum absolute atomic E-state index is 10.3. The molecule has 114 valence electrons. The first kappa shape index (κ1) is 20.8. The van der Waals surface area contributed by atoms with Gasteiger partial charge in [0.25, 0.3) is 0 Å². The Hall–Kier alpha value is -0.550. The number of carbonyl (C=O) groups is 1. The first-order chi connectivity index (χ1) is 8.84. The largest absolute Gasteiger partial charge is 0.566 e. The minimum atomic E-state index is -2.64. The van der Waals surface area contributed by atoms with Crippen LogP contribution < -0.4 is 14.9 Å². The molecule has 0 heterocycles. The molecule has 2 atom stereocenters. The number of hydrogen-bond donors (Lipinski definition) is 1. The summed E-state index contributed by atoms with van der Waals surface area (Å²) in [5.41, 5.74) is 0. The molecule has 19 heavy (non-hydrogen) atoms. The molecule has 0 aliphatic rings. The van der Waals surface area contributed by atoms with Gasteiger partial charge in [-0.05, 0) is 23.3 Å². The molecule has 1 N–H and O–H groups in total. The van der Waals surface area contributed by atoms with Gasteiger partial charge in [-0.25, -0.2) is 0 Å². The normalized spacial score (nSPS) is 12.6. The second-order valence-corrected chi connectivity index (χ2v) is 5.29. The molecule has 0 aromatic rings. The van der Waals surface area contributed by atoms with Gasteiger partial charge >= 0.3 is 8.25 Å². The van der Waals surface area contributed by atoms with Crippen molar-refractivity contribution in [2.45, 2.75) is 39.5 Å². The van der Waals surface area contributed by atoms with Crippen molar-refractivity contribution in [2.24, 2.45) is 5.92 Å². The molecule has 0 fully saturated rings. The van der Waals surface area contributed by atoms with Crippen molar-refractivity contribution >= 4 is 14.2 Å². The molecule has 0 bridgehead atoms. The minimum Gasteiger partial charge on any atom is -0.566 e. The molecule has 0 spiro atoms. The van der Waals surface area contributed by atoms with Crippen LogP contribution in [0.5, 0.6) is 0 Å². The summed E-state index contributed by atoms with van der Waals surface area (Å²) < 4.78 is 14.1. The summed E-state index contributed by atoms with van der Waals surface area (Å²) in [6.07, 6.45) is 3.52. The van der Waals surface area contributed by atoms with Gasteiger partial charge in [0.05, 0.1) is 14.1 Å². The number of carboxylic acid groups (broad SMARTS) is 1. The average molecular weight is 295 g/mol. The van der Waals surface area contributed by atoms with Gasteiger partial charge in [-0.1, -0.05) is 26.7 Å². The molecular weight excluding hydrogens is 269 g/mol. The van der Waals surface area contributed by atoms with Gasteiger partial charge in [0.15, 0.2) is 6.61 Å². The predicted molar refractivity (Wildman–Crippen MR) is 69.5 cm³/mol. The molecule has 0 saturated carbocycles. The van der Waals surface area contributed by atoms with Crippen LogP contribution >= 0.6 is 8.25 Å². The predicted octanol–water partition coefficient (Wildman–Crippen LogP) is -0.882. The number of carbonyl (C=O) groups excluding carboxylic acids is 1. The summed E-state index contributed by atoms with van der Waals surface area (Å²) in [6.45, 7) is 4.93. The molecule has 0 rings (SSSR count). The SMILES string of the molecule is CCCCC(CC)C(=O)[O-].C[NH+](C)CCO[P+](=O)[O-]. The van der Waals surface area contributed by atoms with E-state index in [1.165, 1.54) is 4.90 Å². The molecular formula is C12H26NO5P. The lowest BCUT2D eigenvalue weighted by Gasteiger charge is -2.14. The number of quaternary nitrogens is 1. The Morgan fingerprint density at radius 3 is 2.26 bits per heavy atom. The Kier molecular flexibility index (Phi) is 15.2. The van der Waals surface area contributed by atoms with Crippen molar-refractivity contribution in [3.63, 3.8) is 0 Å². The van der Waals surface area contributed by atoms with E-state index < -0.39 is 14.2 Å². The monoisotopic (exact) mass is 295 g/mol. The van der Waals surface area contributed by atoms with E-state index in [0.717, 1.165) is 19.3 Å². The molecule has 6 nitrogen and oxygen atoms in total. The lowest BCUT2D eigenvalue weighted by atomic mass is 10.00. The van der Waals surface area contributed by atoms with E-state index in [1.807, 2.05) is 21.0 Å². The lowest BCUT2D eigenvalue weighted by molar-refractivity contribution is -0.858. The van der Waals surface area contributed by atoms with Gasteiger partial charge in [-0.3, -0.25) is 0 Å². The summed E-state index contributed by atoms with van der Waals surface area (Å²) >= 11 is 0. The molecule has 2 unspecified atom stereocenters. The van der Waals surface area contributed by atoms with Crippen molar-refractivity contribution in [2.75, 3.05) is 27.2 Å². The topological polar surface area (TPSA) is 93.9 Å². The molecule has 0 aromatic carbocycles. The third kappa shape index (κ3) is 17.4. The number of carboxylic acids is 1. The van der Waals surface area contributed by atoms with Gasteiger partial charge in [0, 0.05) is 5.97 Å². The zero-order chi connectivity index (χ0) is 15.3. The smallest absolute Gasteiger partial charge is 0.488 e. The van der Waals surface area contributed by atoms with Crippen LogP contribution in [0.3, 0.4) is 0 Å². The number of rotatable bonds is 9. The lowest BCUT2D eigenvalue weighted by Crippen LogP contribution is -3.06. The highest BCUT2D eigenvalue weighted by Gasteiger charge is 2.04. The maximum atomic E-state index is 10.3. The number of likely N-dealkylation sites (N-methyl/N-ethyl adjacent to an activating group) is 1. The Balaban J connectivity index is 0. The van der Waals surface area contributed by atoms with E-state index in [1.54, 1.807) is 0 Å². The van der Waals surface area contributed by atoms with Crippen molar-refractivity contribution in [3.05, 3.63) is 0 Å². The highest BCUT2D eigenvalue weighted by atomic mass is 31.1. The number of aliphatic carboxylic acids is 1. The van der Waals surface area contributed by atoms with Gasteiger partial charge < -0.3 is 19.7 Å². The fourth-order valence-corrected chi connectivity index (χ4v) is 1.50. The zero-order valence-electron chi connectivity index (χ0n) is 12.3. The van der Waals surface area contributed by atoms with Gasteiger partial charge in [0.1, 0.15) is 6.54 Å². The summed E-state index contributed by atoms with van der Waals surface area (Å²) in [5, 5.41) is 10.3. The van der Waals surface area contributed by atoms with Crippen molar-refractivity contribution in [1.82, 2.24) is 0 Å². The molecule has 0 amide bonds. The maximum Gasteiger partial charge on any atom is 0.488 e. The van der Waals surface area contributed by atoms with Crippen molar-refractivity contribution in [3.8, 4) is 0 Å². The number of unbranched alkanes of at least 4 members (excludes halogenated alkanes) is 1. The van der Waals surface area contributed by atoms with Crippen LogP contribution in [0.2, 0.25) is 0 Å². The van der Waals surface area contributed by atoms with Crippen LogP contribution in [0, 0.1) is 5.92 Å². The van der Waals surface area contributed by atoms with E-state index in [0.29, 0.717) is 13.0 Å². The average Bonchev–Trinajstić information content (AvgIpc) is 2.29. The highest BCUT2D eigenvalue weighted by Crippen LogP contribution is 2.10. The standard InChI is InChI=1S/C8H16O2.C4H10NO3P/c1-3-5-6-7(4-2)8(9)10;1-5(2)3-4-8-9(6)7/h7H,3-6H2,1-2H3,(H,9,10);3-4H2,1-2H3. The van der Waals surface area contributed by atoms with Crippen LogP contribution in [-0.4, -0.2) is 33.2 Å². The van der Waals surface area contributed by atoms with E-state index in [4.69, 9.17) is 0 Å². The first-order valence-corrected chi connectivity index (χ1v) is 7.71. The quantitative estimate of drug-likeness (QED) is 0.557. The summed E-state index contributed by atoms with van der Waals surface area (Å²) in [7, 11) is 1.22. The third-order valence-electron chi connectivity index (χ3n) is 2.53. The molecule has 0 radical (unpaired) electrons. The van der Waals surface area contributed by atoms with E-state index >= 15 is 0 Å². The molecule has 0 saturated heterocycles. The Labute approximate surface area is 116 Å². The van der Waals surface area contributed by atoms with E-state index in [9.17, 15) is 19.4 Å². The summed E-state index contributed by atoms with van der Waals surface area (Å²) in [5.74, 6) is -1.11. The Morgan fingerprint density at radius 1 is 1.37 bits per heavy atom. The first-order valence-electron chi connectivity index (χ1n) is 6.62. The minimum absolute atomic E-state index is 0.222. The van der Waals surface area contributed by atoms with Crippen LogP contribution in [-0.2, 0) is 13.9 Å². The molecule has 7 heteroatoms. The highest BCUT2D eigenvalue weighted by molar-refractivity contribution is 7.30. The molecule has 0 aromatic heterocycles. The molecule has 0 aliphatic heterocycles. The van der Waals surface area contributed by atoms with Crippen LogP contribution in [0.25, 0.3) is 0 Å². The zero-order valence-corrected chi connectivity index (χ0v) is 13.2. The van der Waals surface area contributed by atoms with Gasteiger partial charge in [-0.15, -0.1) is 4.52 Å². The molecule has 0 aliphatic carbocycles. The third-order valence-corrected chi connectivity index (χ3v) is 2.92. The number of hydrogen-bond acceptors (Lipinski definition) is 5. The van der Waals surface area contributed by atoms with E-state index in [-0.39, 0.29) is 12.5 Å². The van der Waals surface area contributed by atoms with Gasteiger partial charge in [-0.2, -0.15) is 0 Å². The van der Waals surface area contributed by atoms with Crippen molar-refractivity contribution < 1.29 is 28.8 Å². The Bertz CT molecular complexity index is 248. The Morgan fingerprint density at radius 2 is 1.95 bits per heavy atom. The van der Waals surface area contributed by atoms with Crippen molar-refractivity contribution in [1.29, 1.82) is 0 Å². The summed E-state index contributed by atoms with van der Waals surface area (Å²) in [6, 6.07) is 0. The summed E-state index contributed by atoms with van der Waals surface area (Å²) in [4.78, 5) is 21.3. The van der Waals surface area contributed by atoms with Crippen LogP contribution in [0.4, 0.5) is 0 Å². The van der Waals surface area contributed by atoms with Crippen LogP contribution in [0.1, 0.15) is 39.5 Å². The second kappa shape index (κ2) is 13.9. The van der Waals surface area contributed by atoms with E-state index in [2.05, 4.69) is 11.4 Å². The second-order valence-electron chi connectivity index (χ2n) is 4.58. The fourth-order valence-electron chi connectivity index (χ4n) is 1.26. The van der Waals surface area contributed by atoms with Crippen LogP contribution in [0.15, 0.2) is 0 Å². The fraction of sp³-hybridized carbons (Fsp3) is 0.917. The number of nitrogens with one attached hydrogen (secondary N) is 1. The van der Waals surface area contributed by atoms with Gasteiger partial charge in [0.2, 0.25) is 0 Å².